The summed E-state index contributed by atoms with van der Waals surface area (Å²) < 4.78 is 1.60. The van der Waals surface area contributed by atoms with Crippen molar-refractivity contribution >= 4 is 23.0 Å². The van der Waals surface area contributed by atoms with Crippen molar-refractivity contribution in [3.05, 3.63) is 71.0 Å². The molecule has 0 atom stereocenters. The molecule has 3 rings (SSSR count). The molecule has 3 aromatic rings. The number of hydrogen-bond acceptors (Lipinski definition) is 2. The predicted octanol–water partition coefficient (Wildman–Crippen LogP) is 2.92. The van der Waals surface area contributed by atoms with Crippen LogP contribution < -0.4 is 5.32 Å². The average molecular weight is 286 g/mol. The third-order valence-corrected chi connectivity index (χ3v) is 3.18. The second kappa shape index (κ2) is 5.35. The molecule has 0 aliphatic rings. The Bertz CT molecular complexity index is 752. The second-order valence-electron chi connectivity index (χ2n) is 4.41. The Balaban J connectivity index is 1.75. The molecule has 2 aromatic heterocycles. The van der Waals surface area contributed by atoms with Crippen LogP contribution in [0.4, 0.5) is 0 Å². The fourth-order valence-electron chi connectivity index (χ4n) is 1.94. The summed E-state index contributed by atoms with van der Waals surface area (Å²) in [5.74, 6) is -0.200. The fourth-order valence-corrected chi connectivity index (χ4v) is 2.10. The van der Waals surface area contributed by atoms with Crippen LogP contribution in [-0.2, 0) is 6.54 Å². The van der Waals surface area contributed by atoms with Gasteiger partial charge in [0, 0.05) is 12.7 Å². The van der Waals surface area contributed by atoms with E-state index in [4.69, 9.17) is 11.6 Å². The number of carbonyl (C=O) groups is 1. The molecule has 1 amide bonds. The summed E-state index contributed by atoms with van der Waals surface area (Å²) in [6.45, 7) is 0.480. The van der Waals surface area contributed by atoms with Crippen LogP contribution in [0.3, 0.4) is 0 Å². The van der Waals surface area contributed by atoms with Crippen LogP contribution in [0.2, 0.25) is 5.02 Å². The molecule has 2 heterocycles. The molecule has 0 spiro atoms. The first-order valence-corrected chi connectivity index (χ1v) is 6.57. The van der Waals surface area contributed by atoms with Crippen LogP contribution in [0.1, 0.15) is 16.1 Å². The molecule has 1 aromatic carbocycles. The summed E-state index contributed by atoms with van der Waals surface area (Å²) in [6, 6.07) is 15.1. The number of halogens is 1. The topological polar surface area (TPSA) is 46.4 Å². The van der Waals surface area contributed by atoms with Crippen LogP contribution in [0.25, 0.3) is 5.52 Å². The van der Waals surface area contributed by atoms with Crippen molar-refractivity contribution in [2.75, 3.05) is 0 Å². The van der Waals surface area contributed by atoms with Gasteiger partial charge in [-0.3, -0.25) is 4.79 Å². The molecular formula is C15H12ClN3O. The van der Waals surface area contributed by atoms with E-state index in [1.54, 1.807) is 22.8 Å². The van der Waals surface area contributed by atoms with Gasteiger partial charge in [0.15, 0.2) is 5.69 Å². The maximum absolute atomic E-state index is 12.1. The van der Waals surface area contributed by atoms with Gasteiger partial charge in [-0.1, -0.05) is 41.9 Å². The summed E-state index contributed by atoms with van der Waals surface area (Å²) in [5.41, 5.74) is 2.26. The number of rotatable bonds is 3. The van der Waals surface area contributed by atoms with Crippen molar-refractivity contribution in [3.8, 4) is 0 Å². The predicted molar refractivity (Wildman–Crippen MR) is 77.8 cm³/mol. The first kappa shape index (κ1) is 12.7. The number of benzene rings is 1. The van der Waals surface area contributed by atoms with Crippen molar-refractivity contribution in [2.24, 2.45) is 0 Å². The molecule has 0 fully saturated rings. The lowest BCUT2D eigenvalue weighted by Gasteiger charge is -2.02. The molecule has 0 bridgehead atoms. The molecule has 100 valence electrons. The fraction of sp³-hybridized carbons (Fsp3) is 0.0667. The molecule has 4 nitrogen and oxygen atoms in total. The summed E-state index contributed by atoms with van der Waals surface area (Å²) in [6.07, 6.45) is 1.67. The Morgan fingerprint density at radius 2 is 2.00 bits per heavy atom. The van der Waals surface area contributed by atoms with Gasteiger partial charge in [0.05, 0.1) is 10.5 Å². The molecule has 0 radical (unpaired) electrons. The first-order chi connectivity index (χ1) is 9.72. The zero-order valence-corrected chi connectivity index (χ0v) is 11.3. The highest BCUT2D eigenvalue weighted by molar-refractivity contribution is 6.30. The van der Waals surface area contributed by atoms with E-state index < -0.39 is 0 Å². The number of nitrogens with one attached hydrogen (secondary N) is 1. The number of amides is 1. The maximum Gasteiger partial charge on any atom is 0.272 e. The number of pyridine rings is 1. The van der Waals surface area contributed by atoms with Crippen LogP contribution in [0.15, 0.2) is 54.7 Å². The Morgan fingerprint density at radius 3 is 2.80 bits per heavy atom. The van der Waals surface area contributed by atoms with E-state index in [1.165, 1.54) is 0 Å². The number of carbonyl (C=O) groups excluding carboxylic acids is 1. The lowest BCUT2D eigenvalue weighted by Crippen LogP contribution is -2.23. The molecule has 20 heavy (non-hydrogen) atoms. The van der Waals surface area contributed by atoms with E-state index in [-0.39, 0.29) is 5.91 Å². The van der Waals surface area contributed by atoms with Gasteiger partial charge < -0.3 is 5.32 Å². The molecular weight excluding hydrogens is 274 g/mol. The third-order valence-electron chi connectivity index (χ3n) is 2.95. The van der Waals surface area contributed by atoms with E-state index in [0.29, 0.717) is 17.3 Å². The van der Waals surface area contributed by atoms with Gasteiger partial charge >= 0.3 is 0 Å². The average Bonchev–Trinajstić information content (AvgIpc) is 2.89. The number of nitrogens with zero attached hydrogens (tertiary/aromatic N) is 2. The second-order valence-corrected chi connectivity index (χ2v) is 4.85. The third kappa shape index (κ3) is 2.65. The minimum atomic E-state index is -0.200. The number of aromatic nitrogens is 2. The standard InChI is InChI=1S/C15H12ClN3O/c16-12-6-7-13-8-14(18-19(13)10-12)15(20)17-9-11-4-2-1-3-5-11/h1-8,10H,9H2,(H,17,20). The summed E-state index contributed by atoms with van der Waals surface area (Å²) in [7, 11) is 0. The lowest BCUT2D eigenvalue weighted by molar-refractivity contribution is 0.0945. The maximum atomic E-state index is 12.1. The Labute approximate surface area is 121 Å². The molecule has 0 saturated carbocycles. The monoisotopic (exact) mass is 285 g/mol. The van der Waals surface area contributed by atoms with Crippen LogP contribution in [0, 0.1) is 0 Å². The SMILES string of the molecule is O=C(NCc1ccccc1)c1cc2ccc(Cl)cn2n1. The van der Waals surface area contributed by atoms with Gasteiger partial charge in [0.25, 0.3) is 5.91 Å². The normalized spacial score (nSPS) is 10.7. The quantitative estimate of drug-likeness (QED) is 0.804. The largest absolute Gasteiger partial charge is 0.347 e. The van der Waals surface area contributed by atoms with Crippen molar-refractivity contribution in [1.82, 2.24) is 14.9 Å². The smallest absolute Gasteiger partial charge is 0.272 e. The summed E-state index contributed by atoms with van der Waals surface area (Å²) in [4.78, 5) is 12.1. The minimum Gasteiger partial charge on any atom is -0.347 e. The van der Waals surface area contributed by atoms with Gasteiger partial charge in [-0.15, -0.1) is 0 Å². The number of hydrogen-bond donors (Lipinski definition) is 1. The van der Waals surface area contributed by atoms with E-state index in [2.05, 4.69) is 10.4 Å². The lowest BCUT2D eigenvalue weighted by atomic mass is 10.2. The minimum absolute atomic E-state index is 0.200. The highest BCUT2D eigenvalue weighted by Gasteiger charge is 2.10. The highest BCUT2D eigenvalue weighted by Crippen LogP contribution is 2.12. The Morgan fingerprint density at radius 1 is 1.20 bits per heavy atom. The van der Waals surface area contributed by atoms with Crippen LogP contribution >= 0.6 is 11.6 Å². The molecule has 1 N–H and O–H groups in total. The van der Waals surface area contributed by atoms with E-state index in [0.717, 1.165) is 11.1 Å². The molecule has 5 heteroatoms. The Kier molecular flexibility index (Phi) is 3.39. The van der Waals surface area contributed by atoms with Crippen LogP contribution in [-0.4, -0.2) is 15.5 Å². The molecule has 0 saturated heterocycles. The van der Waals surface area contributed by atoms with Gasteiger partial charge in [0.1, 0.15) is 0 Å². The molecule has 0 aliphatic heterocycles. The van der Waals surface area contributed by atoms with Crippen molar-refractivity contribution in [3.63, 3.8) is 0 Å². The molecule has 0 aliphatic carbocycles. The summed E-state index contributed by atoms with van der Waals surface area (Å²) in [5, 5.41) is 7.63. The van der Waals surface area contributed by atoms with Crippen LogP contribution in [0.5, 0.6) is 0 Å². The van der Waals surface area contributed by atoms with Gasteiger partial charge in [0.2, 0.25) is 0 Å². The van der Waals surface area contributed by atoms with Crippen molar-refractivity contribution < 1.29 is 4.79 Å². The van der Waals surface area contributed by atoms with Gasteiger partial charge in [-0.2, -0.15) is 5.10 Å². The zero-order chi connectivity index (χ0) is 13.9. The van der Waals surface area contributed by atoms with Gasteiger partial charge in [-0.25, -0.2) is 4.52 Å². The van der Waals surface area contributed by atoms with E-state index in [1.807, 2.05) is 36.4 Å². The molecule has 0 unspecified atom stereocenters. The number of fused-ring (bicyclic) bond motifs is 1. The first-order valence-electron chi connectivity index (χ1n) is 6.19. The highest BCUT2D eigenvalue weighted by atomic mass is 35.5. The van der Waals surface area contributed by atoms with Gasteiger partial charge in [-0.05, 0) is 23.8 Å². The van der Waals surface area contributed by atoms with E-state index in [9.17, 15) is 4.79 Å². The zero-order valence-electron chi connectivity index (χ0n) is 10.6. The van der Waals surface area contributed by atoms with E-state index >= 15 is 0 Å². The summed E-state index contributed by atoms with van der Waals surface area (Å²) >= 11 is 5.89. The Hall–Kier alpha value is -2.33. The van der Waals surface area contributed by atoms with Crippen molar-refractivity contribution in [2.45, 2.75) is 6.54 Å². The van der Waals surface area contributed by atoms with Crippen molar-refractivity contribution in [1.29, 1.82) is 0 Å².